The fourth-order valence-electron chi connectivity index (χ4n) is 3.60. The Balaban J connectivity index is 1.29. The second kappa shape index (κ2) is 9.67. The Labute approximate surface area is 195 Å². The first-order chi connectivity index (χ1) is 16.2. The van der Waals surface area contributed by atoms with Crippen LogP contribution >= 0.6 is 11.3 Å². The number of nitrogens with zero attached hydrogens (tertiary/aromatic N) is 3. The topological polar surface area (TPSA) is 73.0 Å². The van der Waals surface area contributed by atoms with Crippen molar-refractivity contribution in [3.8, 4) is 22.0 Å². The second-order valence-corrected chi connectivity index (χ2v) is 8.49. The van der Waals surface area contributed by atoms with Crippen molar-refractivity contribution >= 4 is 17.2 Å². The quantitative estimate of drug-likeness (QED) is 0.351. The number of aromatic nitrogens is 3. The van der Waals surface area contributed by atoms with E-state index in [9.17, 15) is 4.79 Å². The van der Waals surface area contributed by atoms with Crippen LogP contribution < -0.4 is 5.32 Å². The van der Waals surface area contributed by atoms with Crippen LogP contribution in [0.2, 0.25) is 0 Å². The second-order valence-electron chi connectivity index (χ2n) is 7.63. The van der Waals surface area contributed by atoms with E-state index in [4.69, 9.17) is 9.52 Å². The largest absolute Gasteiger partial charge is 0.462 e. The van der Waals surface area contributed by atoms with Crippen molar-refractivity contribution in [1.82, 2.24) is 20.1 Å². The molecule has 0 fully saturated rings. The highest BCUT2D eigenvalue weighted by molar-refractivity contribution is 7.13. The van der Waals surface area contributed by atoms with Gasteiger partial charge < -0.3 is 9.73 Å². The van der Waals surface area contributed by atoms with Gasteiger partial charge in [-0.1, -0.05) is 60.7 Å². The van der Waals surface area contributed by atoms with Gasteiger partial charge in [0.1, 0.15) is 0 Å². The number of amides is 1. The smallest absolute Gasteiger partial charge is 0.226 e. The van der Waals surface area contributed by atoms with Gasteiger partial charge in [-0.2, -0.15) is 5.10 Å². The van der Waals surface area contributed by atoms with Gasteiger partial charge in [0.05, 0.1) is 30.6 Å². The molecule has 0 bridgehead atoms. The molecule has 0 aliphatic rings. The Morgan fingerprint density at radius 3 is 2.55 bits per heavy atom. The lowest BCUT2D eigenvalue weighted by molar-refractivity contribution is -0.120. The Morgan fingerprint density at radius 1 is 1.00 bits per heavy atom. The highest BCUT2D eigenvalue weighted by Crippen LogP contribution is 2.25. The van der Waals surface area contributed by atoms with E-state index < -0.39 is 0 Å². The summed E-state index contributed by atoms with van der Waals surface area (Å²) >= 11 is 1.47. The molecule has 5 aromatic rings. The van der Waals surface area contributed by atoms with Crippen LogP contribution in [-0.4, -0.2) is 20.7 Å². The Kier molecular flexibility index (Phi) is 6.12. The first kappa shape index (κ1) is 20.9. The Morgan fingerprint density at radius 2 is 1.79 bits per heavy atom. The van der Waals surface area contributed by atoms with E-state index in [0.717, 1.165) is 27.5 Å². The molecule has 33 heavy (non-hydrogen) atoms. The van der Waals surface area contributed by atoms with Crippen LogP contribution in [0.4, 0.5) is 0 Å². The maximum Gasteiger partial charge on any atom is 0.226 e. The summed E-state index contributed by atoms with van der Waals surface area (Å²) < 4.78 is 7.31. The van der Waals surface area contributed by atoms with Crippen molar-refractivity contribution in [3.05, 3.63) is 107 Å². The van der Waals surface area contributed by atoms with Gasteiger partial charge in [0.25, 0.3) is 0 Å². The van der Waals surface area contributed by atoms with Crippen molar-refractivity contribution in [3.63, 3.8) is 0 Å². The molecule has 6 nitrogen and oxygen atoms in total. The predicted octanol–water partition coefficient (Wildman–Crippen LogP) is 5.17. The molecule has 7 heteroatoms. The monoisotopic (exact) mass is 454 g/mol. The first-order valence-corrected chi connectivity index (χ1v) is 11.5. The lowest BCUT2D eigenvalue weighted by Gasteiger charge is -2.05. The van der Waals surface area contributed by atoms with Gasteiger partial charge >= 0.3 is 0 Å². The Bertz CT molecular complexity index is 1330. The molecule has 0 atom stereocenters. The fourth-order valence-corrected chi connectivity index (χ4v) is 4.39. The number of hydrogen-bond acceptors (Lipinski definition) is 5. The fraction of sp³-hybridized carbons (Fsp3) is 0.115. The molecular formula is C26H22N4O2S. The minimum absolute atomic E-state index is 0.0823. The van der Waals surface area contributed by atoms with Gasteiger partial charge in [-0.15, -0.1) is 11.3 Å². The summed E-state index contributed by atoms with van der Waals surface area (Å²) in [6.07, 6.45) is 3.84. The van der Waals surface area contributed by atoms with E-state index in [-0.39, 0.29) is 12.3 Å². The van der Waals surface area contributed by atoms with Crippen molar-refractivity contribution in [2.45, 2.75) is 19.5 Å². The molecule has 1 N–H and O–H groups in total. The summed E-state index contributed by atoms with van der Waals surface area (Å²) in [5.74, 6) is 0.631. The number of hydrogen-bond donors (Lipinski definition) is 1. The third-order valence-corrected chi connectivity index (χ3v) is 6.08. The van der Waals surface area contributed by atoms with Crippen LogP contribution in [0, 0.1) is 0 Å². The number of carbonyl (C=O) groups is 1. The third kappa shape index (κ3) is 5.10. The normalized spacial score (nSPS) is 10.9. The van der Waals surface area contributed by atoms with Crippen LogP contribution in [0.25, 0.3) is 22.0 Å². The number of carbonyl (C=O) groups excluding carboxylic acids is 1. The van der Waals surface area contributed by atoms with Crippen molar-refractivity contribution in [1.29, 1.82) is 0 Å². The summed E-state index contributed by atoms with van der Waals surface area (Å²) in [7, 11) is 0. The van der Waals surface area contributed by atoms with Crippen LogP contribution in [-0.2, 0) is 24.3 Å². The number of rotatable bonds is 8. The lowest BCUT2D eigenvalue weighted by Crippen LogP contribution is -2.24. The Hall–Kier alpha value is -3.97. The van der Waals surface area contributed by atoms with Gasteiger partial charge in [0.15, 0.2) is 10.8 Å². The number of benzene rings is 2. The average Bonchev–Trinajstić information content (AvgIpc) is 3.60. The third-order valence-electron chi connectivity index (χ3n) is 5.17. The zero-order valence-corrected chi connectivity index (χ0v) is 18.7. The molecule has 1 amide bonds. The van der Waals surface area contributed by atoms with E-state index in [1.54, 1.807) is 6.26 Å². The van der Waals surface area contributed by atoms with E-state index in [0.29, 0.717) is 18.8 Å². The van der Waals surface area contributed by atoms with Crippen LogP contribution in [0.15, 0.2) is 95.1 Å². The SMILES string of the molecule is O=C(Cc1csc(-c2ccco2)n1)NCc1cn(Cc2ccccc2)nc1-c1ccccc1. The van der Waals surface area contributed by atoms with Crippen LogP contribution in [0.1, 0.15) is 16.8 Å². The van der Waals surface area contributed by atoms with Gasteiger partial charge in [-0.25, -0.2) is 4.98 Å². The summed E-state index contributed by atoms with van der Waals surface area (Å²) in [6.45, 7) is 1.07. The maximum atomic E-state index is 12.6. The minimum atomic E-state index is -0.0823. The first-order valence-electron chi connectivity index (χ1n) is 10.7. The van der Waals surface area contributed by atoms with E-state index in [2.05, 4.69) is 22.4 Å². The average molecular weight is 455 g/mol. The van der Waals surface area contributed by atoms with Gasteiger partial charge in [0, 0.05) is 29.2 Å². The van der Waals surface area contributed by atoms with E-state index in [1.807, 2.05) is 76.9 Å². The zero-order valence-electron chi connectivity index (χ0n) is 17.8. The summed E-state index contributed by atoms with van der Waals surface area (Å²) in [5, 5.41) is 10.5. The molecule has 3 aromatic heterocycles. The highest BCUT2D eigenvalue weighted by atomic mass is 32.1. The molecule has 0 radical (unpaired) electrons. The predicted molar refractivity (Wildman–Crippen MR) is 129 cm³/mol. The minimum Gasteiger partial charge on any atom is -0.462 e. The molecule has 164 valence electrons. The van der Waals surface area contributed by atoms with Gasteiger partial charge in [-0.3, -0.25) is 9.48 Å². The highest BCUT2D eigenvalue weighted by Gasteiger charge is 2.14. The molecule has 5 rings (SSSR count). The van der Waals surface area contributed by atoms with Gasteiger partial charge in [0.2, 0.25) is 5.91 Å². The molecule has 0 saturated carbocycles. The van der Waals surface area contributed by atoms with Crippen LogP contribution in [0.5, 0.6) is 0 Å². The van der Waals surface area contributed by atoms with Crippen molar-refractivity contribution < 1.29 is 9.21 Å². The summed E-state index contributed by atoms with van der Waals surface area (Å²) in [4.78, 5) is 17.1. The zero-order chi connectivity index (χ0) is 22.5. The van der Waals surface area contributed by atoms with Crippen molar-refractivity contribution in [2.75, 3.05) is 0 Å². The van der Waals surface area contributed by atoms with Crippen LogP contribution in [0.3, 0.4) is 0 Å². The van der Waals surface area contributed by atoms with Crippen molar-refractivity contribution in [2.24, 2.45) is 0 Å². The number of nitrogens with one attached hydrogen (secondary N) is 1. The van der Waals surface area contributed by atoms with E-state index >= 15 is 0 Å². The number of thiazole rings is 1. The molecule has 0 saturated heterocycles. The maximum absolute atomic E-state index is 12.6. The van der Waals surface area contributed by atoms with Gasteiger partial charge in [-0.05, 0) is 17.7 Å². The molecule has 0 unspecified atom stereocenters. The molecule has 2 aromatic carbocycles. The molecular weight excluding hydrogens is 432 g/mol. The summed E-state index contributed by atoms with van der Waals surface area (Å²) in [6, 6.07) is 23.9. The summed E-state index contributed by atoms with van der Waals surface area (Å²) in [5.41, 5.74) is 4.77. The molecule has 0 spiro atoms. The lowest BCUT2D eigenvalue weighted by atomic mass is 10.1. The molecule has 0 aliphatic heterocycles. The van der Waals surface area contributed by atoms with E-state index in [1.165, 1.54) is 16.9 Å². The standard InChI is InChI=1S/C26H22N4O2S/c31-24(14-22-18-33-26(28-22)23-12-7-13-32-23)27-15-21-17-30(16-19-8-3-1-4-9-19)29-25(21)20-10-5-2-6-11-20/h1-13,17-18H,14-16H2,(H,27,31). The molecule has 0 aliphatic carbocycles. The molecule has 3 heterocycles. The number of furan rings is 1.